The van der Waals surface area contributed by atoms with Crippen LogP contribution >= 0.6 is 0 Å². The van der Waals surface area contributed by atoms with Crippen LogP contribution in [0.1, 0.15) is 19.4 Å². The molecule has 1 fully saturated rings. The molecule has 4 heteroatoms. The molecule has 1 saturated heterocycles. The monoisotopic (exact) mass is 258 g/mol. The number of rotatable bonds is 4. The first kappa shape index (κ1) is 13.5. The van der Waals surface area contributed by atoms with E-state index >= 15 is 0 Å². The van der Waals surface area contributed by atoms with Crippen LogP contribution in [-0.2, 0) is 16.1 Å². The van der Waals surface area contributed by atoms with Crippen molar-refractivity contribution < 1.29 is 9.59 Å². The number of imide groups is 1. The second kappa shape index (κ2) is 5.80. The summed E-state index contributed by atoms with van der Waals surface area (Å²) in [6.07, 6.45) is 0. The molecule has 0 atom stereocenters. The normalized spacial score (nSPS) is 17.2. The topological polar surface area (TPSA) is 49.4 Å². The number of nitrogens with one attached hydrogen (secondary N) is 1. The highest BCUT2D eigenvalue weighted by atomic mass is 16.2. The van der Waals surface area contributed by atoms with E-state index in [9.17, 15) is 9.59 Å². The summed E-state index contributed by atoms with van der Waals surface area (Å²) < 4.78 is 0. The standard InChI is InChI=1S/C15H18N2O2/c1-11(14-10-17(12(2)18)15(14)19)8-16-9-13-6-4-3-5-7-13/h3-7,16H,8-10H2,1-2H3. The van der Waals surface area contributed by atoms with Gasteiger partial charge in [0.05, 0.1) is 6.54 Å². The number of carbonyl (C=O) groups is 2. The predicted octanol–water partition coefficient (Wildman–Crippen LogP) is 1.48. The van der Waals surface area contributed by atoms with E-state index in [1.165, 1.54) is 17.4 Å². The van der Waals surface area contributed by atoms with E-state index in [2.05, 4.69) is 17.4 Å². The van der Waals surface area contributed by atoms with Gasteiger partial charge < -0.3 is 5.32 Å². The smallest absolute Gasteiger partial charge is 0.258 e. The summed E-state index contributed by atoms with van der Waals surface area (Å²) in [4.78, 5) is 24.0. The molecule has 0 aliphatic carbocycles. The van der Waals surface area contributed by atoms with Gasteiger partial charge in [-0.2, -0.15) is 0 Å². The molecule has 2 amide bonds. The molecule has 1 aliphatic heterocycles. The minimum atomic E-state index is -0.182. The Bertz CT molecular complexity index is 520. The average molecular weight is 258 g/mol. The summed E-state index contributed by atoms with van der Waals surface area (Å²) in [6, 6.07) is 10.1. The number of amides is 2. The van der Waals surface area contributed by atoms with Crippen LogP contribution in [0.3, 0.4) is 0 Å². The van der Waals surface area contributed by atoms with E-state index in [0.29, 0.717) is 13.1 Å². The highest BCUT2D eigenvalue weighted by Crippen LogP contribution is 2.20. The van der Waals surface area contributed by atoms with Crippen molar-refractivity contribution in [1.82, 2.24) is 10.2 Å². The average Bonchev–Trinajstić information content (AvgIpc) is 2.38. The fourth-order valence-corrected chi connectivity index (χ4v) is 2.04. The van der Waals surface area contributed by atoms with Crippen molar-refractivity contribution in [2.45, 2.75) is 20.4 Å². The Morgan fingerprint density at radius 1 is 1.26 bits per heavy atom. The maximum Gasteiger partial charge on any atom is 0.258 e. The third-order valence-electron chi connectivity index (χ3n) is 3.28. The first-order chi connectivity index (χ1) is 9.09. The lowest BCUT2D eigenvalue weighted by atomic mass is 10.0. The number of nitrogens with zero attached hydrogens (tertiary/aromatic N) is 1. The third-order valence-corrected chi connectivity index (χ3v) is 3.28. The van der Waals surface area contributed by atoms with Crippen LogP contribution in [0.25, 0.3) is 0 Å². The number of carbonyl (C=O) groups excluding carboxylic acids is 2. The van der Waals surface area contributed by atoms with Crippen LogP contribution in [0, 0.1) is 0 Å². The zero-order valence-electron chi connectivity index (χ0n) is 11.3. The van der Waals surface area contributed by atoms with E-state index in [-0.39, 0.29) is 11.8 Å². The molecule has 19 heavy (non-hydrogen) atoms. The maximum atomic E-state index is 11.7. The number of benzene rings is 1. The lowest BCUT2D eigenvalue weighted by molar-refractivity contribution is -0.145. The van der Waals surface area contributed by atoms with E-state index in [0.717, 1.165) is 17.7 Å². The molecule has 1 heterocycles. The number of hydrogen-bond acceptors (Lipinski definition) is 3. The van der Waals surface area contributed by atoms with Gasteiger partial charge in [-0.05, 0) is 18.1 Å². The lowest BCUT2D eigenvalue weighted by Crippen LogP contribution is -2.49. The van der Waals surface area contributed by atoms with Crippen molar-refractivity contribution in [3.63, 3.8) is 0 Å². The van der Waals surface area contributed by atoms with Gasteiger partial charge in [-0.25, -0.2) is 0 Å². The summed E-state index contributed by atoms with van der Waals surface area (Å²) in [5.74, 6) is -0.328. The molecule has 100 valence electrons. The molecular weight excluding hydrogens is 240 g/mol. The van der Waals surface area contributed by atoms with Gasteiger partial charge in [0.15, 0.2) is 0 Å². The molecule has 0 unspecified atom stereocenters. The molecule has 1 aliphatic rings. The first-order valence-corrected chi connectivity index (χ1v) is 6.35. The Kier molecular flexibility index (Phi) is 4.12. The summed E-state index contributed by atoms with van der Waals surface area (Å²) in [5, 5.41) is 3.30. The lowest BCUT2D eigenvalue weighted by Gasteiger charge is -2.32. The van der Waals surface area contributed by atoms with Crippen LogP contribution in [0.5, 0.6) is 0 Å². The fourth-order valence-electron chi connectivity index (χ4n) is 2.04. The van der Waals surface area contributed by atoms with E-state index in [1.54, 1.807) is 0 Å². The number of β-lactam (4-membered cyclic amide) rings is 1. The van der Waals surface area contributed by atoms with Crippen molar-refractivity contribution in [2.24, 2.45) is 0 Å². The zero-order chi connectivity index (χ0) is 13.8. The second-order valence-corrected chi connectivity index (χ2v) is 4.76. The molecular formula is C15H18N2O2. The van der Waals surface area contributed by atoms with Gasteiger partial charge in [-0.1, -0.05) is 30.3 Å². The van der Waals surface area contributed by atoms with Crippen molar-refractivity contribution in [3.05, 3.63) is 47.0 Å². The fraction of sp³-hybridized carbons (Fsp3) is 0.333. The second-order valence-electron chi connectivity index (χ2n) is 4.76. The largest absolute Gasteiger partial charge is 0.309 e. The summed E-state index contributed by atoms with van der Waals surface area (Å²) in [6.45, 7) is 5.24. The van der Waals surface area contributed by atoms with Crippen LogP contribution in [0.2, 0.25) is 0 Å². The summed E-state index contributed by atoms with van der Waals surface area (Å²) in [5.41, 5.74) is 2.99. The highest BCUT2D eigenvalue weighted by molar-refractivity contribution is 6.10. The first-order valence-electron chi connectivity index (χ1n) is 6.35. The van der Waals surface area contributed by atoms with E-state index < -0.39 is 0 Å². The summed E-state index contributed by atoms with van der Waals surface area (Å²) >= 11 is 0. The molecule has 2 rings (SSSR count). The van der Waals surface area contributed by atoms with E-state index in [1.807, 2.05) is 25.1 Å². The van der Waals surface area contributed by atoms with Gasteiger partial charge in [0.25, 0.3) is 5.91 Å². The Balaban J connectivity index is 1.84. The summed E-state index contributed by atoms with van der Waals surface area (Å²) in [7, 11) is 0. The molecule has 1 aromatic rings. The Hall–Kier alpha value is -1.94. The van der Waals surface area contributed by atoms with E-state index in [4.69, 9.17) is 0 Å². The minimum absolute atomic E-state index is 0.147. The van der Waals surface area contributed by atoms with Crippen molar-refractivity contribution >= 4 is 11.8 Å². The molecule has 1 aromatic carbocycles. The molecule has 4 nitrogen and oxygen atoms in total. The van der Waals surface area contributed by atoms with Crippen LogP contribution in [0.4, 0.5) is 0 Å². The van der Waals surface area contributed by atoms with Crippen LogP contribution in [0.15, 0.2) is 41.5 Å². The number of likely N-dealkylation sites (tertiary alicyclic amines) is 1. The van der Waals surface area contributed by atoms with Crippen molar-refractivity contribution in [1.29, 1.82) is 0 Å². The molecule has 0 spiro atoms. The zero-order valence-corrected chi connectivity index (χ0v) is 11.3. The highest BCUT2D eigenvalue weighted by Gasteiger charge is 2.34. The van der Waals surface area contributed by atoms with Gasteiger partial charge >= 0.3 is 0 Å². The quantitative estimate of drug-likeness (QED) is 0.657. The van der Waals surface area contributed by atoms with Gasteiger partial charge in [0.1, 0.15) is 0 Å². The van der Waals surface area contributed by atoms with Gasteiger partial charge in [-0.3, -0.25) is 14.5 Å². The van der Waals surface area contributed by atoms with Gasteiger partial charge in [-0.15, -0.1) is 0 Å². The third kappa shape index (κ3) is 3.09. The molecule has 1 N–H and O–H groups in total. The van der Waals surface area contributed by atoms with Crippen LogP contribution < -0.4 is 5.32 Å². The molecule has 0 radical (unpaired) electrons. The van der Waals surface area contributed by atoms with Crippen molar-refractivity contribution in [3.8, 4) is 0 Å². The van der Waals surface area contributed by atoms with Gasteiger partial charge in [0, 0.05) is 25.6 Å². The SMILES string of the molecule is CC(=O)N1CC(=C(C)CNCc2ccccc2)C1=O. The van der Waals surface area contributed by atoms with Gasteiger partial charge in [0.2, 0.25) is 5.91 Å². The van der Waals surface area contributed by atoms with Crippen molar-refractivity contribution in [2.75, 3.05) is 13.1 Å². The number of hydrogen-bond donors (Lipinski definition) is 1. The Morgan fingerprint density at radius 3 is 2.53 bits per heavy atom. The predicted molar refractivity (Wildman–Crippen MR) is 73.2 cm³/mol. The minimum Gasteiger partial charge on any atom is -0.309 e. The molecule has 0 bridgehead atoms. The van der Waals surface area contributed by atoms with Crippen LogP contribution in [-0.4, -0.2) is 29.8 Å². The Labute approximate surface area is 113 Å². The maximum absolute atomic E-state index is 11.7. The Morgan fingerprint density at radius 2 is 1.95 bits per heavy atom. The molecule has 0 saturated carbocycles. The molecule has 0 aromatic heterocycles.